The molecule has 1 saturated heterocycles. The average Bonchev–Trinajstić information content (AvgIpc) is 3.74. The molecular weight excluding hydrogens is 709 g/mol. The Morgan fingerprint density at radius 3 is 2.59 bits per heavy atom. The third-order valence-corrected chi connectivity index (χ3v) is 10.7. The van der Waals surface area contributed by atoms with Gasteiger partial charge in [-0.25, -0.2) is 4.98 Å². The minimum absolute atomic E-state index is 0.0532. The van der Waals surface area contributed by atoms with E-state index in [-0.39, 0.29) is 48.3 Å². The third-order valence-electron chi connectivity index (χ3n) is 10.7. The molecular formula is C43H40N8O5. The predicted octanol–water partition coefficient (Wildman–Crippen LogP) is 4.41. The minimum Gasteiger partial charge on any atom is -0.347 e. The number of benzene rings is 2. The molecule has 3 aliphatic heterocycles. The summed E-state index contributed by atoms with van der Waals surface area (Å²) in [5.74, 6) is 5.98. The highest BCUT2D eigenvalue weighted by atomic mass is 16.2. The molecule has 0 spiro atoms. The zero-order valence-electron chi connectivity index (χ0n) is 31.4. The SMILES string of the molecule is CCc1nc(-c2cccc3cc(-c4ccc(C(=O)N[C@@H](C)CC#Cc5cccc6c5CN(C5CCC(=O)NC5=O)C6=O)nc4)ncc23)c2n1CCN(C(C)=O)C2. The Morgan fingerprint density at radius 1 is 1.00 bits per heavy atom. The van der Waals surface area contributed by atoms with Gasteiger partial charge in [-0.05, 0) is 54.6 Å². The summed E-state index contributed by atoms with van der Waals surface area (Å²) in [5, 5.41) is 7.23. The van der Waals surface area contributed by atoms with Gasteiger partial charge in [0.1, 0.15) is 17.6 Å². The lowest BCUT2D eigenvalue weighted by Gasteiger charge is -2.29. The molecule has 13 nitrogen and oxygen atoms in total. The number of carbonyl (C=O) groups is 5. The van der Waals surface area contributed by atoms with Gasteiger partial charge in [0.25, 0.3) is 11.8 Å². The Hall–Kier alpha value is -6.68. The zero-order valence-corrected chi connectivity index (χ0v) is 31.4. The molecule has 0 bridgehead atoms. The summed E-state index contributed by atoms with van der Waals surface area (Å²) in [6.45, 7) is 7.72. The molecule has 5 aromatic rings. The van der Waals surface area contributed by atoms with Crippen molar-refractivity contribution in [1.82, 2.24) is 40.0 Å². The van der Waals surface area contributed by atoms with E-state index in [1.54, 1.807) is 31.3 Å². The van der Waals surface area contributed by atoms with E-state index >= 15 is 0 Å². The number of pyridine rings is 2. The predicted molar refractivity (Wildman–Crippen MR) is 208 cm³/mol. The van der Waals surface area contributed by atoms with Crippen LogP contribution in [0.5, 0.6) is 0 Å². The highest BCUT2D eigenvalue weighted by molar-refractivity contribution is 6.05. The first-order valence-electron chi connectivity index (χ1n) is 18.8. The number of imide groups is 1. The molecule has 0 radical (unpaired) electrons. The lowest BCUT2D eigenvalue weighted by atomic mass is 10.0. The van der Waals surface area contributed by atoms with Crippen molar-refractivity contribution in [1.29, 1.82) is 0 Å². The lowest BCUT2D eigenvalue weighted by molar-refractivity contribution is -0.137. The van der Waals surface area contributed by atoms with Crippen molar-refractivity contribution >= 4 is 40.3 Å². The molecule has 282 valence electrons. The fourth-order valence-corrected chi connectivity index (χ4v) is 7.76. The summed E-state index contributed by atoms with van der Waals surface area (Å²) in [7, 11) is 0. The Morgan fingerprint density at radius 2 is 1.82 bits per heavy atom. The molecule has 1 fully saturated rings. The van der Waals surface area contributed by atoms with Gasteiger partial charge in [0.2, 0.25) is 17.7 Å². The molecule has 2 aromatic carbocycles. The molecule has 2 N–H and O–H groups in total. The van der Waals surface area contributed by atoms with Crippen LogP contribution in [-0.2, 0) is 40.4 Å². The molecule has 0 aliphatic carbocycles. The van der Waals surface area contributed by atoms with Crippen LogP contribution in [0.4, 0.5) is 0 Å². The van der Waals surface area contributed by atoms with Crippen LogP contribution in [0.3, 0.4) is 0 Å². The topological polar surface area (TPSA) is 159 Å². The monoisotopic (exact) mass is 748 g/mol. The number of amides is 5. The van der Waals surface area contributed by atoms with Gasteiger partial charge in [-0.2, -0.15) is 0 Å². The first-order valence-corrected chi connectivity index (χ1v) is 18.8. The van der Waals surface area contributed by atoms with Crippen molar-refractivity contribution in [2.75, 3.05) is 6.54 Å². The van der Waals surface area contributed by atoms with Gasteiger partial charge >= 0.3 is 0 Å². The summed E-state index contributed by atoms with van der Waals surface area (Å²) in [6.07, 6.45) is 5.13. The largest absolute Gasteiger partial charge is 0.347 e. The van der Waals surface area contributed by atoms with E-state index in [9.17, 15) is 24.0 Å². The molecule has 1 unspecified atom stereocenters. The number of piperidine rings is 1. The molecule has 3 aliphatic rings. The quantitative estimate of drug-likeness (QED) is 0.183. The van der Waals surface area contributed by atoms with E-state index in [1.165, 1.54) is 4.90 Å². The van der Waals surface area contributed by atoms with Gasteiger partial charge in [0, 0.05) is 91.9 Å². The Labute approximate surface area is 323 Å². The maximum absolute atomic E-state index is 13.1. The van der Waals surface area contributed by atoms with Crippen molar-refractivity contribution in [2.45, 2.75) is 78.2 Å². The molecule has 8 rings (SSSR count). The van der Waals surface area contributed by atoms with E-state index in [4.69, 9.17) is 9.97 Å². The van der Waals surface area contributed by atoms with Crippen molar-refractivity contribution in [3.05, 3.63) is 101 Å². The standard InChI is InChI=1S/C43H40N8O5/c1-4-38-47-40(37-24-49(26(3)52)18-19-50(37)38)30-12-7-11-28-20-35(45-22-32(28)30)29-14-15-34(44-21-29)41(54)46-25(2)8-5-9-27-10-6-13-31-33(27)23-51(43(31)56)36-16-17-39(53)48-42(36)55/h6-7,10-15,20-22,25,36H,4,8,16-19,23-24H2,1-3H3,(H,46,54)(H,48,53,55)/t25-,36?/m0/s1. The van der Waals surface area contributed by atoms with Crippen LogP contribution in [0.15, 0.2) is 67.0 Å². The fraction of sp³-hybridized carbons (Fsp3) is 0.302. The number of aryl methyl sites for hydroxylation is 1. The lowest BCUT2D eigenvalue weighted by Crippen LogP contribution is -2.52. The molecule has 56 heavy (non-hydrogen) atoms. The van der Waals surface area contributed by atoms with Gasteiger partial charge in [-0.1, -0.05) is 43.0 Å². The van der Waals surface area contributed by atoms with E-state index < -0.39 is 11.9 Å². The van der Waals surface area contributed by atoms with Gasteiger partial charge in [-0.3, -0.25) is 39.3 Å². The maximum atomic E-state index is 13.1. The number of imidazole rings is 1. The van der Waals surface area contributed by atoms with Crippen LogP contribution >= 0.6 is 0 Å². The van der Waals surface area contributed by atoms with Crippen molar-refractivity contribution in [2.24, 2.45) is 0 Å². The summed E-state index contributed by atoms with van der Waals surface area (Å²) in [4.78, 5) is 80.2. The molecule has 5 amide bonds. The molecule has 3 aromatic heterocycles. The Kier molecular flexibility index (Phi) is 9.64. The molecule has 0 saturated carbocycles. The number of carbonyl (C=O) groups excluding carboxylic acids is 5. The van der Waals surface area contributed by atoms with E-state index in [0.717, 1.165) is 63.3 Å². The van der Waals surface area contributed by atoms with Gasteiger partial charge < -0.3 is 19.7 Å². The van der Waals surface area contributed by atoms with Gasteiger partial charge in [-0.15, -0.1) is 0 Å². The van der Waals surface area contributed by atoms with Crippen LogP contribution in [-0.4, -0.2) is 77.5 Å². The first kappa shape index (κ1) is 36.3. The Balaban J connectivity index is 0.926. The summed E-state index contributed by atoms with van der Waals surface area (Å²) >= 11 is 0. The van der Waals surface area contributed by atoms with Crippen molar-refractivity contribution in [3.63, 3.8) is 0 Å². The number of nitrogens with one attached hydrogen (secondary N) is 2. The van der Waals surface area contributed by atoms with Crippen LogP contribution in [0.1, 0.15) is 83.5 Å². The third kappa shape index (κ3) is 6.79. The zero-order chi connectivity index (χ0) is 39.1. The number of hydrogen-bond acceptors (Lipinski definition) is 8. The molecule has 13 heteroatoms. The second-order valence-electron chi connectivity index (χ2n) is 14.4. The average molecular weight is 749 g/mol. The van der Waals surface area contributed by atoms with E-state index in [2.05, 4.69) is 45.0 Å². The smallest absolute Gasteiger partial charge is 0.270 e. The minimum atomic E-state index is -0.695. The van der Waals surface area contributed by atoms with Gasteiger partial charge in [0.05, 0.1) is 23.6 Å². The van der Waals surface area contributed by atoms with Crippen molar-refractivity contribution in [3.8, 4) is 34.4 Å². The highest BCUT2D eigenvalue weighted by Gasteiger charge is 2.39. The number of aromatic nitrogens is 4. The van der Waals surface area contributed by atoms with Crippen LogP contribution < -0.4 is 10.6 Å². The highest BCUT2D eigenvalue weighted by Crippen LogP contribution is 2.35. The van der Waals surface area contributed by atoms with Crippen LogP contribution in [0.25, 0.3) is 33.3 Å². The number of rotatable bonds is 7. The maximum Gasteiger partial charge on any atom is 0.270 e. The molecule has 2 atom stereocenters. The Bertz CT molecular complexity index is 2510. The fourth-order valence-electron chi connectivity index (χ4n) is 7.76. The van der Waals surface area contributed by atoms with E-state index in [0.29, 0.717) is 37.1 Å². The van der Waals surface area contributed by atoms with Gasteiger partial charge in [0.15, 0.2) is 0 Å². The number of fused-ring (bicyclic) bond motifs is 3. The molecule has 6 heterocycles. The normalized spacial score (nSPS) is 16.8. The van der Waals surface area contributed by atoms with Crippen molar-refractivity contribution < 1.29 is 24.0 Å². The second kappa shape index (κ2) is 14.9. The first-order chi connectivity index (χ1) is 27.1. The summed E-state index contributed by atoms with van der Waals surface area (Å²) < 4.78 is 2.24. The van der Waals surface area contributed by atoms with Crippen LogP contribution in [0.2, 0.25) is 0 Å². The summed E-state index contributed by atoms with van der Waals surface area (Å²) in [5.41, 5.74) is 6.58. The van der Waals surface area contributed by atoms with E-state index in [1.807, 2.05) is 48.4 Å². The number of hydrogen-bond donors (Lipinski definition) is 2. The number of nitrogens with zero attached hydrogens (tertiary/aromatic N) is 6. The second-order valence-corrected chi connectivity index (χ2v) is 14.4. The summed E-state index contributed by atoms with van der Waals surface area (Å²) in [6, 6.07) is 15.9. The van der Waals surface area contributed by atoms with Crippen LogP contribution in [0, 0.1) is 11.8 Å².